The third-order valence-electron chi connectivity index (χ3n) is 5.26. The lowest BCUT2D eigenvalue weighted by molar-refractivity contribution is -0.140. The minimum atomic E-state index is -4.49. The van der Waals surface area contributed by atoms with E-state index in [1.807, 2.05) is 0 Å². The molecule has 154 valence electrons. The SMILES string of the molecule is CC(=O)N1CCC[C@@H](C(=O)N2CCN(c3ncc(C(F)(F)F)cc3Cl)CC2)C1. The molecule has 0 radical (unpaired) electrons. The third kappa shape index (κ3) is 4.51. The fourth-order valence-corrected chi connectivity index (χ4v) is 3.97. The summed E-state index contributed by atoms with van der Waals surface area (Å²) < 4.78 is 38.3. The van der Waals surface area contributed by atoms with Gasteiger partial charge >= 0.3 is 6.18 Å². The number of rotatable bonds is 2. The van der Waals surface area contributed by atoms with Crippen molar-refractivity contribution in [3.63, 3.8) is 0 Å². The van der Waals surface area contributed by atoms with Crippen molar-refractivity contribution in [2.75, 3.05) is 44.2 Å². The normalized spacial score (nSPS) is 21.0. The van der Waals surface area contributed by atoms with Gasteiger partial charge in [-0.15, -0.1) is 0 Å². The van der Waals surface area contributed by atoms with Crippen molar-refractivity contribution in [3.8, 4) is 0 Å². The maximum absolute atomic E-state index is 12.8. The Morgan fingerprint density at radius 3 is 2.39 bits per heavy atom. The number of piperidine rings is 1. The number of pyridine rings is 1. The van der Waals surface area contributed by atoms with Crippen molar-refractivity contribution >= 4 is 29.2 Å². The monoisotopic (exact) mass is 418 g/mol. The number of piperazine rings is 1. The highest BCUT2D eigenvalue weighted by Gasteiger charge is 2.34. The molecule has 3 heterocycles. The predicted octanol–water partition coefficient (Wildman–Crippen LogP) is 2.66. The molecule has 3 rings (SSSR count). The highest BCUT2D eigenvalue weighted by molar-refractivity contribution is 6.33. The molecular weight excluding hydrogens is 397 g/mol. The van der Waals surface area contributed by atoms with Crippen LogP contribution in [0.3, 0.4) is 0 Å². The molecule has 1 aromatic rings. The van der Waals surface area contributed by atoms with Gasteiger partial charge < -0.3 is 14.7 Å². The lowest BCUT2D eigenvalue weighted by Crippen LogP contribution is -2.53. The first-order valence-electron chi connectivity index (χ1n) is 9.19. The van der Waals surface area contributed by atoms with Crippen LogP contribution in [-0.4, -0.2) is 65.9 Å². The van der Waals surface area contributed by atoms with Gasteiger partial charge in [0.15, 0.2) is 0 Å². The average molecular weight is 419 g/mol. The Hall–Kier alpha value is -2.03. The standard InChI is InChI=1S/C18H22ClF3N4O2/c1-12(27)26-4-2-3-13(11-26)17(28)25-7-5-24(6-8-25)16-15(19)9-14(10-23-16)18(20,21)22/h9-10,13H,2-8,11H2,1H3/t13-/m1/s1. The number of anilines is 1. The van der Waals surface area contributed by atoms with Crippen LogP contribution in [0.5, 0.6) is 0 Å². The van der Waals surface area contributed by atoms with E-state index in [4.69, 9.17) is 11.6 Å². The van der Waals surface area contributed by atoms with Crippen LogP contribution in [0, 0.1) is 5.92 Å². The van der Waals surface area contributed by atoms with E-state index in [0.29, 0.717) is 45.1 Å². The molecule has 2 aliphatic rings. The summed E-state index contributed by atoms with van der Waals surface area (Å²) in [6, 6.07) is 0.875. The molecule has 2 amide bonds. The zero-order chi connectivity index (χ0) is 20.5. The van der Waals surface area contributed by atoms with E-state index in [9.17, 15) is 22.8 Å². The molecule has 2 fully saturated rings. The van der Waals surface area contributed by atoms with Gasteiger partial charge in [0.25, 0.3) is 0 Å². The Bertz CT molecular complexity index is 751. The van der Waals surface area contributed by atoms with Gasteiger partial charge in [0.1, 0.15) is 5.82 Å². The Morgan fingerprint density at radius 2 is 1.82 bits per heavy atom. The van der Waals surface area contributed by atoms with Crippen molar-refractivity contribution < 1.29 is 22.8 Å². The molecule has 0 aromatic carbocycles. The van der Waals surface area contributed by atoms with Crippen molar-refractivity contribution in [1.29, 1.82) is 0 Å². The number of hydrogen-bond acceptors (Lipinski definition) is 4. The largest absolute Gasteiger partial charge is 0.417 e. The third-order valence-corrected chi connectivity index (χ3v) is 5.53. The molecule has 0 saturated carbocycles. The summed E-state index contributed by atoms with van der Waals surface area (Å²) in [4.78, 5) is 33.5. The summed E-state index contributed by atoms with van der Waals surface area (Å²) in [5, 5.41) is -0.0565. The van der Waals surface area contributed by atoms with Crippen molar-refractivity contribution in [2.45, 2.75) is 25.9 Å². The second-order valence-corrected chi connectivity index (χ2v) is 7.55. The second kappa shape index (κ2) is 8.14. The summed E-state index contributed by atoms with van der Waals surface area (Å²) in [7, 11) is 0. The first-order valence-corrected chi connectivity index (χ1v) is 9.56. The van der Waals surface area contributed by atoms with Gasteiger partial charge in [-0.1, -0.05) is 11.6 Å². The summed E-state index contributed by atoms with van der Waals surface area (Å²) in [5.74, 6) is 0.0987. The second-order valence-electron chi connectivity index (χ2n) is 7.14. The van der Waals surface area contributed by atoms with Crippen LogP contribution in [0.1, 0.15) is 25.3 Å². The number of hydrogen-bond donors (Lipinski definition) is 0. The Morgan fingerprint density at radius 1 is 1.14 bits per heavy atom. The number of halogens is 4. The van der Waals surface area contributed by atoms with Crippen LogP contribution in [-0.2, 0) is 15.8 Å². The van der Waals surface area contributed by atoms with Gasteiger partial charge in [0.05, 0.1) is 16.5 Å². The molecule has 0 N–H and O–H groups in total. The molecule has 0 spiro atoms. The van der Waals surface area contributed by atoms with E-state index in [1.165, 1.54) is 6.92 Å². The molecule has 1 atom stereocenters. The average Bonchev–Trinajstić information content (AvgIpc) is 2.67. The molecular formula is C18H22ClF3N4O2. The predicted molar refractivity (Wildman–Crippen MR) is 98.0 cm³/mol. The van der Waals surface area contributed by atoms with Crippen molar-refractivity contribution in [2.24, 2.45) is 5.92 Å². The van der Waals surface area contributed by atoms with E-state index in [1.54, 1.807) is 14.7 Å². The Kier molecular flexibility index (Phi) is 6.02. The van der Waals surface area contributed by atoms with E-state index < -0.39 is 11.7 Å². The molecule has 10 heteroatoms. The van der Waals surface area contributed by atoms with Crippen LogP contribution in [0.2, 0.25) is 5.02 Å². The summed E-state index contributed by atoms with van der Waals surface area (Å²) in [5.41, 5.74) is -0.887. The van der Waals surface area contributed by atoms with Crippen LogP contribution in [0.25, 0.3) is 0 Å². The highest BCUT2D eigenvalue weighted by Crippen LogP contribution is 2.33. The van der Waals surface area contributed by atoms with Crippen LogP contribution < -0.4 is 4.90 Å². The highest BCUT2D eigenvalue weighted by atomic mass is 35.5. The number of nitrogens with zero attached hydrogens (tertiary/aromatic N) is 4. The van der Waals surface area contributed by atoms with E-state index in [2.05, 4.69) is 4.98 Å². The van der Waals surface area contributed by atoms with Gasteiger partial charge in [-0.05, 0) is 18.9 Å². The van der Waals surface area contributed by atoms with Crippen LogP contribution in [0.4, 0.5) is 19.0 Å². The van der Waals surface area contributed by atoms with Crippen molar-refractivity contribution in [1.82, 2.24) is 14.8 Å². The van der Waals surface area contributed by atoms with E-state index in [-0.39, 0.29) is 22.8 Å². The maximum Gasteiger partial charge on any atom is 0.417 e. The zero-order valence-electron chi connectivity index (χ0n) is 15.5. The number of carbonyl (C=O) groups is 2. The molecule has 2 aliphatic heterocycles. The van der Waals surface area contributed by atoms with Gasteiger partial charge in [-0.25, -0.2) is 4.98 Å². The number of likely N-dealkylation sites (tertiary alicyclic amines) is 1. The van der Waals surface area contributed by atoms with Gasteiger partial charge in [0.2, 0.25) is 11.8 Å². The molecule has 1 aromatic heterocycles. The smallest absolute Gasteiger partial charge is 0.352 e. The van der Waals surface area contributed by atoms with E-state index in [0.717, 1.165) is 25.1 Å². The quantitative estimate of drug-likeness (QED) is 0.741. The minimum absolute atomic E-state index is 0.0228. The molecule has 28 heavy (non-hydrogen) atoms. The number of alkyl halides is 3. The first-order chi connectivity index (χ1) is 13.2. The van der Waals surface area contributed by atoms with Crippen molar-refractivity contribution in [3.05, 3.63) is 22.8 Å². The fourth-order valence-electron chi connectivity index (χ4n) is 3.68. The van der Waals surface area contributed by atoms with Gasteiger partial charge in [-0.2, -0.15) is 13.2 Å². The van der Waals surface area contributed by atoms with Gasteiger partial charge in [0, 0.05) is 52.4 Å². The minimum Gasteiger partial charge on any atom is -0.352 e. The molecule has 0 aliphatic carbocycles. The molecule has 2 saturated heterocycles. The summed E-state index contributed by atoms with van der Waals surface area (Å²) >= 11 is 6.01. The lowest BCUT2D eigenvalue weighted by atomic mass is 9.96. The van der Waals surface area contributed by atoms with Crippen LogP contribution in [0.15, 0.2) is 12.3 Å². The Balaban J connectivity index is 1.60. The Labute approximate surface area is 166 Å². The van der Waals surface area contributed by atoms with E-state index >= 15 is 0 Å². The zero-order valence-corrected chi connectivity index (χ0v) is 16.3. The van der Waals surface area contributed by atoms with Gasteiger partial charge in [-0.3, -0.25) is 9.59 Å². The maximum atomic E-state index is 12.8. The molecule has 0 unspecified atom stereocenters. The van der Waals surface area contributed by atoms with Crippen LogP contribution >= 0.6 is 11.6 Å². The molecule has 6 nitrogen and oxygen atoms in total. The molecule has 0 bridgehead atoms. The summed E-state index contributed by atoms with van der Waals surface area (Å²) in [6.45, 7) is 4.39. The first kappa shape index (κ1) is 20.7. The number of carbonyl (C=O) groups excluding carboxylic acids is 2. The fraction of sp³-hybridized carbons (Fsp3) is 0.611. The lowest BCUT2D eigenvalue weighted by Gasteiger charge is -2.39. The number of aromatic nitrogens is 1. The summed E-state index contributed by atoms with van der Waals surface area (Å²) in [6.07, 6.45) is -2.15. The number of amides is 2. The topological polar surface area (TPSA) is 56.8 Å².